The molecule has 0 aromatic heterocycles. The predicted molar refractivity (Wildman–Crippen MR) is 83.9 cm³/mol. The van der Waals surface area contributed by atoms with Gasteiger partial charge in [-0.2, -0.15) is 0 Å². The number of unbranched alkanes of at least 4 members (excludes halogenated alkanes) is 8. The molecular formula is C17H34O3. The highest BCUT2D eigenvalue weighted by atomic mass is 16.6. The lowest BCUT2D eigenvalue weighted by Gasteiger charge is -2.11. The highest BCUT2D eigenvalue weighted by Crippen LogP contribution is 2.10. The van der Waals surface area contributed by atoms with Gasteiger partial charge in [0.15, 0.2) is 0 Å². The predicted octanol–water partition coefficient (Wildman–Crippen LogP) is 4.88. The molecule has 0 aromatic carbocycles. The summed E-state index contributed by atoms with van der Waals surface area (Å²) in [5, 5.41) is 0. The van der Waals surface area contributed by atoms with Crippen molar-refractivity contribution in [2.45, 2.75) is 91.1 Å². The standard InChI is InChI=1S/C17H34O3/c1-4-6-7-8-9-10-11-12-13-14-17(18)20-15-16(3)19-5-2/h16H,4-15H2,1-3H3. The van der Waals surface area contributed by atoms with Crippen molar-refractivity contribution >= 4 is 5.97 Å². The van der Waals surface area contributed by atoms with Gasteiger partial charge in [-0.1, -0.05) is 58.3 Å². The summed E-state index contributed by atoms with van der Waals surface area (Å²) >= 11 is 0. The van der Waals surface area contributed by atoms with Crippen LogP contribution in [0.1, 0.15) is 85.0 Å². The number of rotatable bonds is 14. The van der Waals surface area contributed by atoms with Crippen LogP contribution in [0.4, 0.5) is 0 Å². The summed E-state index contributed by atoms with van der Waals surface area (Å²) in [6.45, 7) is 7.16. The Morgan fingerprint density at radius 3 is 2.00 bits per heavy atom. The molecule has 0 aliphatic rings. The third kappa shape index (κ3) is 13.9. The molecule has 0 aliphatic carbocycles. The van der Waals surface area contributed by atoms with E-state index < -0.39 is 0 Å². The molecule has 120 valence electrons. The summed E-state index contributed by atoms with van der Waals surface area (Å²) in [4.78, 5) is 11.5. The maximum atomic E-state index is 11.5. The molecule has 3 heteroatoms. The average Bonchev–Trinajstić information content (AvgIpc) is 2.43. The molecule has 0 fully saturated rings. The number of hydrogen-bond acceptors (Lipinski definition) is 3. The van der Waals surface area contributed by atoms with Crippen molar-refractivity contribution in [3.05, 3.63) is 0 Å². The second kappa shape index (κ2) is 14.8. The minimum Gasteiger partial charge on any atom is -0.463 e. The van der Waals surface area contributed by atoms with Gasteiger partial charge in [-0.25, -0.2) is 0 Å². The molecule has 0 aromatic rings. The summed E-state index contributed by atoms with van der Waals surface area (Å²) in [5.41, 5.74) is 0. The molecule has 0 aliphatic heterocycles. The summed E-state index contributed by atoms with van der Waals surface area (Å²) in [7, 11) is 0. The first-order chi connectivity index (χ1) is 9.70. The van der Waals surface area contributed by atoms with Gasteiger partial charge in [0.05, 0.1) is 6.10 Å². The number of hydrogen-bond donors (Lipinski definition) is 0. The Balaban J connectivity index is 3.23. The van der Waals surface area contributed by atoms with E-state index in [4.69, 9.17) is 9.47 Å². The van der Waals surface area contributed by atoms with E-state index in [0.29, 0.717) is 19.6 Å². The topological polar surface area (TPSA) is 35.5 Å². The van der Waals surface area contributed by atoms with Crippen molar-refractivity contribution in [3.8, 4) is 0 Å². The number of carbonyl (C=O) groups excluding carboxylic acids is 1. The summed E-state index contributed by atoms with van der Waals surface area (Å²) in [6.07, 6.45) is 12.0. The normalized spacial score (nSPS) is 12.3. The molecule has 0 N–H and O–H groups in total. The third-order valence-corrected chi connectivity index (χ3v) is 3.41. The fourth-order valence-electron chi connectivity index (χ4n) is 2.20. The van der Waals surface area contributed by atoms with E-state index >= 15 is 0 Å². The van der Waals surface area contributed by atoms with E-state index in [9.17, 15) is 4.79 Å². The van der Waals surface area contributed by atoms with Crippen molar-refractivity contribution in [2.75, 3.05) is 13.2 Å². The summed E-state index contributed by atoms with van der Waals surface area (Å²) in [5.74, 6) is -0.0838. The molecule has 0 rings (SSSR count). The number of carbonyl (C=O) groups is 1. The van der Waals surface area contributed by atoms with E-state index in [1.54, 1.807) is 0 Å². The molecule has 0 saturated carbocycles. The van der Waals surface area contributed by atoms with Crippen molar-refractivity contribution < 1.29 is 14.3 Å². The van der Waals surface area contributed by atoms with E-state index in [2.05, 4.69) is 6.92 Å². The van der Waals surface area contributed by atoms with Crippen LogP contribution >= 0.6 is 0 Å². The zero-order chi connectivity index (χ0) is 15.1. The molecule has 1 unspecified atom stereocenters. The molecule has 0 saturated heterocycles. The van der Waals surface area contributed by atoms with Gasteiger partial charge in [-0.15, -0.1) is 0 Å². The lowest BCUT2D eigenvalue weighted by atomic mass is 10.1. The van der Waals surface area contributed by atoms with Crippen LogP contribution in [-0.4, -0.2) is 25.3 Å². The minimum atomic E-state index is -0.0838. The van der Waals surface area contributed by atoms with Crippen LogP contribution in [0.15, 0.2) is 0 Å². The monoisotopic (exact) mass is 286 g/mol. The van der Waals surface area contributed by atoms with Gasteiger partial charge in [-0.3, -0.25) is 4.79 Å². The van der Waals surface area contributed by atoms with Crippen LogP contribution in [0.5, 0.6) is 0 Å². The fraction of sp³-hybridized carbons (Fsp3) is 0.941. The maximum Gasteiger partial charge on any atom is 0.305 e. The second-order valence-electron chi connectivity index (χ2n) is 5.53. The SMILES string of the molecule is CCCCCCCCCCCC(=O)OCC(C)OCC. The van der Waals surface area contributed by atoms with Crippen LogP contribution in [-0.2, 0) is 14.3 Å². The van der Waals surface area contributed by atoms with Gasteiger partial charge in [-0.05, 0) is 20.3 Å². The zero-order valence-corrected chi connectivity index (χ0v) is 13.8. The van der Waals surface area contributed by atoms with Gasteiger partial charge < -0.3 is 9.47 Å². The molecule has 20 heavy (non-hydrogen) atoms. The van der Waals surface area contributed by atoms with E-state index in [-0.39, 0.29) is 12.1 Å². The highest BCUT2D eigenvalue weighted by molar-refractivity contribution is 5.69. The van der Waals surface area contributed by atoms with Gasteiger partial charge >= 0.3 is 5.97 Å². The molecule has 0 amide bonds. The smallest absolute Gasteiger partial charge is 0.305 e. The molecule has 0 spiro atoms. The second-order valence-corrected chi connectivity index (χ2v) is 5.53. The Kier molecular flexibility index (Phi) is 14.4. The number of esters is 1. The van der Waals surface area contributed by atoms with E-state index in [0.717, 1.165) is 12.8 Å². The third-order valence-electron chi connectivity index (χ3n) is 3.41. The summed E-state index contributed by atoms with van der Waals surface area (Å²) in [6, 6.07) is 0. The molecule has 3 nitrogen and oxygen atoms in total. The Morgan fingerprint density at radius 1 is 0.900 bits per heavy atom. The minimum absolute atomic E-state index is 0.00655. The van der Waals surface area contributed by atoms with Gasteiger partial charge in [0, 0.05) is 13.0 Å². The Hall–Kier alpha value is -0.570. The van der Waals surface area contributed by atoms with Crippen LogP contribution in [0.3, 0.4) is 0 Å². The molecule has 0 heterocycles. The lowest BCUT2D eigenvalue weighted by molar-refractivity contribution is -0.147. The van der Waals surface area contributed by atoms with Gasteiger partial charge in [0.2, 0.25) is 0 Å². The average molecular weight is 286 g/mol. The Bertz CT molecular complexity index is 216. The highest BCUT2D eigenvalue weighted by Gasteiger charge is 2.06. The van der Waals surface area contributed by atoms with Crippen LogP contribution in [0.2, 0.25) is 0 Å². The molecule has 1 atom stereocenters. The van der Waals surface area contributed by atoms with Crippen molar-refractivity contribution in [1.82, 2.24) is 0 Å². The Morgan fingerprint density at radius 2 is 1.45 bits per heavy atom. The Labute approximate surface area is 125 Å². The largest absolute Gasteiger partial charge is 0.463 e. The van der Waals surface area contributed by atoms with E-state index in [1.165, 1.54) is 44.9 Å². The van der Waals surface area contributed by atoms with Crippen molar-refractivity contribution in [1.29, 1.82) is 0 Å². The first-order valence-corrected chi connectivity index (χ1v) is 8.47. The molecule has 0 radical (unpaired) electrons. The number of ether oxygens (including phenoxy) is 2. The van der Waals surface area contributed by atoms with Crippen LogP contribution in [0.25, 0.3) is 0 Å². The van der Waals surface area contributed by atoms with Crippen molar-refractivity contribution in [3.63, 3.8) is 0 Å². The molecular weight excluding hydrogens is 252 g/mol. The first-order valence-electron chi connectivity index (χ1n) is 8.47. The van der Waals surface area contributed by atoms with Crippen molar-refractivity contribution in [2.24, 2.45) is 0 Å². The maximum absolute atomic E-state index is 11.5. The first kappa shape index (κ1) is 19.4. The van der Waals surface area contributed by atoms with Gasteiger partial charge in [0.25, 0.3) is 0 Å². The quantitative estimate of drug-likeness (QED) is 0.337. The van der Waals surface area contributed by atoms with Crippen LogP contribution in [0, 0.1) is 0 Å². The molecule has 0 bridgehead atoms. The van der Waals surface area contributed by atoms with Gasteiger partial charge in [0.1, 0.15) is 6.61 Å². The fourth-order valence-corrected chi connectivity index (χ4v) is 2.20. The lowest BCUT2D eigenvalue weighted by Crippen LogP contribution is -2.18. The summed E-state index contributed by atoms with van der Waals surface area (Å²) < 4.78 is 10.5. The zero-order valence-electron chi connectivity index (χ0n) is 13.8. The van der Waals surface area contributed by atoms with E-state index in [1.807, 2.05) is 13.8 Å². The van der Waals surface area contributed by atoms with Crippen LogP contribution < -0.4 is 0 Å².